The molecule has 0 spiro atoms. The summed E-state index contributed by atoms with van der Waals surface area (Å²) in [7, 11) is 4.07. The van der Waals surface area contributed by atoms with E-state index < -0.39 is 0 Å². The van der Waals surface area contributed by atoms with Crippen molar-refractivity contribution in [3.05, 3.63) is 11.9 Å². The van der Waals surface area contributed by atoms with Gasteiger partial charge in [0.25, 0.3) is 0 Å². The second-order valence-corrected chi connectivity index (χ2v) is 3.72. The van der Waals surface area contributed by atoms with Gasteiger partial charge < -0.3 is 10.6 Å². The van der Waals surface area contributed by atoms with E-state index in [9.17, 15) is 0 Å². The number of rotatable bonds is 5. The third kappa shape index (κ3) is 3.08. The topological polar surface area (TPSA) is 60.0 Å². The van der Waals surface area contributed by atoms with Crippen molar-refractivity contribution in [1.29, 1.82) is 0 Å². The van der Waals surface area contributed by atoms with Gasteiger partial charge in [0.05, 0.1) is 24.5 Å². The maximum absolute atomic E-state index is 5.84. The fourth-order valence-corrected chi connectivity index (χ4v) is 1.10. The molecule has 5 heteroatoms. The lowest BCUT2D eigenvalue weighted by Crippen LogP contribution is -2.18. The lowest BCUT2D eigenvalue weighted by Gasteiger charge is -2.08. The Kier molecular flexibility index (Phi) is 4.03. The Bertz CT molecular complexity index is 268. The number of hydrogen-bond donors (Lipinski definition) is 1. The van der Waals surface area contributed by atoms with Gasteiger partial charge in [-0.1, -0.05) is 12.1 Å². The molecule has 1 aromatic rings. The van der Waals surface area contributed by atoms with Gasteiger partial charge in [0.1, 0.15) is 0 Å². The summed E-state index contributed by atoms with van der Waals surface area (Å²) in [5.41, 5.74) is 6.72. The summed E-state index contributed by atoms with van der Waals surface area (Å²) >= 11 is 0. The Morgan fingerprint density at radius 1 is 1.57 bits per heavy atom. The number of nitrogens with two attached hydrogens (primary N) is 1. The Hall–Kier alpha value is -0.940. The third-order valence-corrected chi connectivity index (χ3v) is 2.15. The molecule has 0 aromatic carbocycles. The molecule has 1 atom stereocenters. The van der Waals surface area contributed by atoms with E-state index in [1.807, 2.05) is 31.9 Å². The van der Waals surface area contributed by atoms with Gasteiger partial charge in [-0.25, -0.2) is 0 Å². The van der Waals surface area contributed by atoms with Gasteiger partial charge in [0, 0.05) is 6.54 Å². The van der Waals surface area contributed by atoms with Gasteiger partial charge >= 0.3 is 0 Å². The number of likely N-dealkylation sites (N-methyl/N-ethyl adjacent to an activating group) is 1. The number of nitrogens with zero attached hydrogens (tertiary/aromatic N) is 4. The van der Waals surface area contributed by atoms with Crippen LogP contribution >= 0.6 is 0 Å². The SMILES string of the molecule is CCC(N)c1cn(CCN(C)C)nn1. The van der Waals surface area contributed by atoms with E-state index in [2.05, 4.69) is 15.2 Å². The maximum atomic E-state index is 5.84. The lowest BCUT2D eigenvalue weighted by atomic mass is 10.2. The van der Waals surface area contributed by atoms with Crippen LogP contribution < -0.4 is 5.73 Å². The van der Waals surface area contributed by atoms with Gasteiger partial charge in [0.15, 0.2) is 0 Å². The molecule has 1 heterocycles. The highest BCUT2D eigenvalue weighted by atomic mass is 15.4. The summed E-state index contributed by atoms with van der Waals surface area (Å²) in [6.45, 7) is 3.87. The van der Waals surface area contributed by atoms with Crippen LogP contribution in [0, 0.1) is 0 Å². The number of hydrogen-bond acceptors (Lipinski definition) is 4. The van der Waals surface area contributed by atoms with Crippen molar-refractivity contribution in [2.24, 2.45) is 5.73 Å². The van der Waals surface area contributed by atoms with E-state index in [1.165, 1.54) is 0 Å². The summed E-state index contributed by atoms with van der Waals surface area (Å²) < 4.78 is 1.84. The monoisotopic (exact) mass is 197 g/mol. The first-order chi connectivity index (χ1) is 6.63. The number of aromatic nitrogens is 3. The summed E-state index contributed by atoms with van der Waals surface area (Å²) in [6.07, 6.45) is 2.82. The molecule has 5 nitrogen and oxygen atoms in total. The molecule has 80 valence electrons. The summed E-state index contributed by atoms with van der Waals surface area (Å²) in [5, 5.41) is 8.05. The van der Waals surface area contributed by atoms with Crippen molar-refractivity contribution < 1.29 is 0 Å². The van der Waals surface area contributed by atoms with Gasteiger partial charge in [0.2, 0.25) is 0 Å². The van der Waals surface area contributed by atoms with E-state index in [1.54, 1.807) is 0 Å². The fraction of sp³-hybridized carbons (Fsp3) is 0.778. The molecule has 0 bridgehead atoms. The van der Waals surface area contributed by atoms with Crippen molar-refractivity contribution in [3.63, 3.8) is 0 Å². The minimum Gasteiger partial charge on any atom is -0.323 e. The smallest absolute Gasteiger partial charge is 0.0993 e. The van der Waals surface area contributed by atoms with Gasteiger partial charge in [-0.3, -0.25) is 4.68 Å². The molecular weight excluding hydrogens is 178 g/mol. The Morgan fingerprint density at radius 3 is 2.86 bits per heavy atom. The zero-order valence-corrected chi connectivity index (χ0v) is 9.14. The normalized spacial score (nSPS) is 13.5. The zero-order valence-electron chi connectivity index (χ0n) is 9.14. The third-order valence-electron chi connectivity index (χ3n) is 2.15. The van der Waals surface area contributed by atoms with Crippen LogP contribution in [0.25, 0.3) is 0 Å². The molecule has 0 radical (unpaired) electrons. The molecule has 0 fully saturated rings. The van der Waals surface area contributed by atoms with Crippen LogP contribution in [0.1, 0.15) is 25.1 Å². The van der Waals surface area contributed by atoms with Crippen molar-refractivity contribution in [2.45, 2.75) is 25.9 Å². The highest BCUT2D eigenvalue weighted by Crippen LogP contribution is 2.08. The lowest BCUT2D eigenvalue weighted by molar-refractivity contribution is 0.370. The first-order valence-electron chi connectivity index (χ1n) is 4.93. The minimum absolute atomic E-state index is 0.0168. The molecule has 0 aliphatic carbocycles. The van der Waals surface area contributed by atoms with Crippen LogP contribution in [0.3, 0.4) is 0 Å². The quantitative estimate of drug-likeness (QED) is 0.735. The molecule has 0 saturated carbocycles. The Balaban J connectivity index is 2.50. The van der Waals surface area contributed by atoms with E-state index in [-0.39, 0.29) is 6.04 Å². The maximum Gasteiger partial charge on any atom is 0.0993 e. The molecular formula is C9H19N5. The van der Waals surface area contributed by atoms with Crippen LogP contribution in [0.5, 0.6) is 0 Å². The minimum atomic E-state index is 0.0168. The zero-order chi connectivity index (χ0) is 10.6. The molecule has 1 aromatic heterocycles. The molecule has 2 N–H and O–H groups in total. The van der Waals surface area contributed by atoms with Gasteiger partial charge in [-0.15, -0.1) is 5.10 Å². The Morgan fingerprint density at radius 2 is 2.29 bits per heavy atom. The van der Waals surface area contributed by atoms with Crippen molar-refractivity contribution in [3.8, 4) is 0 Å². The van der Waals surface area contributed by atoms with Crippen LogP contribution in [0.15, 0.2) is 6.20 Å². The summed E-state index contributed by atoms with van der Waals surface area (Å²) in [6, 6.07) is 0.0168. The van der Waals surface area contributed by atoms with E-state index in [0.29, 0.717) is 0 Å². The standard InChI is InChI=1S/C9H19N5/c1-4-8(10)9-7-14(12-11-9)6-5-13(2)3/h7-8H,4-6,10H2,1-3H3. The van der Waals surface area contributed by atoms with Gasteiger partial charge in [-0.2, -0.15) is 0 Å². The highest BCUT2D eigenvalue weighted by molar-refractivity contribution is 4.98. The van der Waals surface area contributed by atoms with E-state index in [4.69, 9.17) is 5.73 Å². The first-order valence-corrected chi connectivity index (χ1v) is 4.93. The molecule has 0 aliphatic heterocycles. The van der Waals surface area contributed by atoms with Crippen LogP contribution in [0.2, 0.25) is 0 Å². The van der Waals surface area contributed by atoms with Crippen LogP contribution in [-0.2, 0) is 6.54 Å². The second-order valence-electron chi connectivity index (χ2n) is 3.72. The van der Waals surface area contributed by atoms with Crippen LogP contribution in [-0.4, -0.2) is 40.5 Å². The predicted octanol–water partition coefficient (Wildman–Crippen LogP) is 0.249. The average molecular weight is 197 g/mol. The molecule has 1 unspecified atom stereocenters. The van der Waals surface area contributed by atoms with E-state index in [0.717, 1.165) is 25.2 Å². The highest BCUT2D eigenvalue weighted by Gasteiger charge is 2.07. The van der Waals surface area contributed by atoms with E-state index >= 15 is 0 Å². The Labute approximate surface area is 84.9 Å². The fourth-order valence-electron chi connectivity index (χ4n) is 1.10. The largest absolute Gasteiger partial charge is 0.323 e. The summed E-state index contributed by atoms with van der Waals surface area (Å²) in [4.78, 5) is 2.11. The van der Waals surface area contributed by atoms with Crippen LogP contribution in [0.4, 0.5) is 0 Å². The summed E-state index contributed by atoms with van der Waals surface area (Å²) in [5.74, 6) is 0. The van der Waals surface area contributed by atoms with Crippen molar-refractivity contribution in [2.75, 3.05) is 20.6 Å². The van der Waals surface area contributed by atoms with Gasteiger partial charge in [-0.05, 0) is 20.5 Å². The molecule has 0 aliphatic rings. The van der Waals surface area contributed by atoms with Crippen molar-refractivity contribution in [1.82, 2.24) is 19.9 Å². The molecule has 0 saturated heterocycles. The second kappa shape index (κ2) is 5.07. The average Bonchev–Trinajstić information content (AvgIpc) is 2.62. The first kappa shape index (κ1) is 11.1. The molecule has 1 rings (SSSR count). The molecule has 14 heavy (non-hydrogen) atoms. The van der Waals surface area contributed by atoms with Crippen molar-refractivity contribution >= 4 is 0 Å². The molecule has 0 amide bonds. The predicted molar refractivity (Wildman–Crippen MR) is 55.8 cm³/mol.